The van der Waals surface area contributed by atoms with Crippen LogP contribution in [0.15, 0.2) is 54.2 Å². The van der Waals surface area contributed by atoms with E-state index < -0.39 is 9.84 Å². The summed E-state index contributed by atoms with van der Waals surface area (Å²) in [7, 11) is -3.23. The Bertz CT molecular complexity index is 473. The van der Waals surface area contributed by atoms with Gasteiger partial charge in [-0.1, -0.05) is 6.07 Å². The quantitative estimate of drug-likeness (QED) is 0.691. The Hall–Kier alpha value is -1.82. The van der Waals surface area contributed by atoms with E-state index in [0.717, 1.165) is 6.26 Å². The lowest BCUT2D eigenvalue weighted by Crippen LogP contribution is -2.02. The second-order valence-electron chi connectivity index (χ2n) is 2.83. The number of nitrogens with zero attached hydrogens (tertiary/aromatic N) is 3. The average molecular weight is 237 g/mol. The molecule has 0 fully saturated rings. The molecule has 6 heteroatoms. The minimum atomic E-state index is -3.23. The van der Waals surface area contributed by atoms with Crippen molar-refractivity contribution in [2.45, 2.75) is 5.16 Å². The summed E-state index contributed by atoms with van der Waals surface area (Å²) in [6.45, 7) is 0. The lowest BCUT2D eigenvalue weighted by atomic mass is 10.5. The van der Waals surface area contributed by atoms with Crippen LogP contribution in [0.2, 0.25) is 0 Å². The molecule has 0 atom stereocenters. The maximum atomic E-state index is 10.7. The molecule has 2 heterocycles. The normalized spacial score (nSPS) is 10.1. The summed E-state index contributed by atoms with van der Waals surface area (Å²) < 4.78 is 21.4. The van der Waals surface area contributed by atoms with Crippen LogP contribution in [-0.2, 0) is 9.84 Å². The van der Waals surface area contributed by atoms with Crippen LogP contribution in [0.1, 0.15) is 0 Å². The number of pyridine rings is 1. The molecule has 0 N–H and O–H groups in total. The van der Waals surface area contributed by atoms with Crippen molar-refractivity contribution in [3.8, 4) is 0 Å². The number of hydrogen-bond acceptors (Lipinski definition) is 5. The lowest BCUT2D eigenvalue weighted by Gasteiger charge is -1.91. The van der Waals surface area contributed by atoms with Crippen molar-refractivity contribution < 1.29 is 8.42 Å². The summed E-state index contributed by atoms with van der Waals surface area (Å²) in [4.78, 5) is 10.9. The summed E-state index contributed by atoms with van der Waals surface area (Å²) in [6.07, 6.45) is 7.36. The summed E-state index contributed by atoms with van der Waals surface area (Å²) >= 11 is 0. The van der Waals surface area contributed by atoms with Gasteiger partial charge in [-0.2, -0.15) is 0 Å². The second-order valence-corrected chi connectivity index (χ2v) is 4.74. The van der Waals surface area contributed by atoms with E-state index in [9.17, 15) is 8.42 Å². The van der Waals surface area contributed by atoms with E-state index in [2.05, 4.69) is 15.0 Å². The zero-order valence-electron chi connectivity index (χ0n) is 8.69. The molecule has 0 aliphatic carbocycles. The molecule has 5 nitrogen and oxygen atoms in total. The highest BCUT2D eigenvalue weighted by molar-refractivity contribution is 7.90. The Morgan fingerprint density at radius 3 is 1.69 bits per heavy atom. The molecule has 16 heavy (non-hydrogen) atoms. The predicted molar refractivity (Wildman–Crippen MR) is 59.4 cm³/mol. The first kappa shape index (κ1) is 12.3. The van der Waals surface area contributed by atoms with Gasteiger partial charge in [0.1, 0.15) is 0 Å². The zero-order valence-corrected chi connectivity index (χ0v) is 9.50. The van der Waals surface area contributed by atoms with E-state index in [1.807, 2.05) is 18.2 Å². The SMILES string of the molecule is CS(=O)(=O)c1ncccn1.c1ccncc1. The van der Waals surface area contributed by atoms with Gasteiger partial charge in [-0.15, -0.1) is 0 Å². The minimum Gasteiger partial charge on any atom is -0.265 e. The highest BCUT2D eigenvalue weighted by atomic mass is 32.2. The van der Waals surface area contributed by atoms with Crippen LogP contribution in [-0.4, -0.2) is 29.6 Å². The van der Waals surface area contributed by atoms with Crippen molar-refractivity contribution in [1.29, 1.82) is 0 Å². The van der Waals surface area contributed by atoms with Crippen molar-refractivity contribution in [3.63, 3.8) is 0 Å². The van der Waals surface area contributed by atoms with Crippen molar-refractivity contribution in [3.05, 3.63) is 49.1 Å². The molecule has 0 amide bonds. The van der Waals surface area contributed by atoms with E-state index in [1.165, 1.54) is 12.4 Å². The first-order chi connectivity index (χ1) is 7.61. The van der Waals surface area contributed by atoms with E-state index in [1.54, 1.807) is 18.5 Å². The van der Waals surface area contributed by atoms with Crippen molar-refractivity contribution >= 4 is 9.84 Å². The molecule has 0 aliphatic rings. The first-order valence-corrected chi connectivity index (χ1v) is 6.32. The highest BCUT2D eigenvalue weighted by Gasteiger charge is 2.07. The molecule has 2 rings (SSSR count). The monoisotopic (exact) mass is 237 g/mol. The predicted octanol–water partition coefficient (Wildman–Crippen LogP) is 0.962. The van der Waals surface area contributed by atoms with Gasteiger partial charge in [0.15, 0.2) is 0 Å². The molecule has 2 aromatic rings. The van der Waals surface area contributed by atoms with Crippen LogP contribution in [0.25, 0.3) is 0 Å². The lowest BCUT2D eigenvalue weighted by molar-refractivity contribution is 0.593. The van der Waals surface area contributed by atoms with Gasteiger partial charge in [0, 0.05) is 31.0 Å². The van der Waals surface area contributed by atoms with Gasteiger partial charge in [-0.3, -0.25) is 4.98 Å². The molecule has 0 aliphatic heterocycles. The van der Waals surface area contributed by atoms with E-state index in [0.29, 0.717) is 0 Å². The molecule has 84 valence electrons. The minimum absolute atomic E-state index is 0.130. The second kappa shape index (κ2) is 5.92. The molecular weight excluding hydrogens is 226 g/mol. The number of rotatable bonds is 1. The fourth-order valence-corrected chi connectivity index (χ4v) is 1.29. The van der Waals surface area contributed by atoms with Crippen LogP contribution in [0.4, 0.5) is 0 Å². The smallest absolute Gasteiger partial charge is 0.246 e. The van der Waals surface area contributed by atoms with Crippen LogP contribution in [0, 0.1) is 0 Å². The van der Waals surface area contributed by atoms with Crippen molar-refractivity contribution in [2.24, 2.45) is 0 Å². The third kappa shape index (κ3) is 4.61. The molecular formula is C10H11N3O2S. The molecule has 2 aromatic heterocycles. The Balaban J connectivity index is 0.000000181. The van der Waals surface area contributed by atoms with Gasteiger partial charge in [0.2, 0.25) is 15.0 Å². The van der Waals surface area contributed by atoms with Gasteiger partial charge in [0.25, 0.3) is 0 Å². The zero-order chi connectivity index (χ0) is 11.9. The topological polar surface area (TPSA) is 72.8 Å². The van der Waals surface area contributed by atoms with Gasteiger partial charge < -0.3 is 0 Å². The van der Waals surface area contributed by atoms with Gasteiger partial charge in [-0.05, 0) is 18.2 Å². The Kier molecular flexibility index (Phi) is 4.53. The van der Waals surface area contributed by atoms with Gasteiger partial charge in [0.05, 0.1) is 0 Å². The summed E-state index contributed by atoms with van der Waals surface area (Å²) in [5.41, 5.74) is 0. The molecule has 0 saturated heterocycles. The summed E-state index contributed by atoms with van der Waals surface area (Å²) in [6, 6.07) is 7.28. The van der Waals surface area contributed by atoms with Gasteiger partial charge in [-0.25, -0.2) is 18.4 Å². The fourth-order valence-electron chi connectivity index (χ4n) is 0.789. The summed E-state index contributed by atoms with van der Waals surface area (Å²) in [5.74, 6) is 0. The third-order valence-electron chi connectivity index (χ3n) is 1.44. The molecule has 0 spiro atoms. The maximum absolute atomic E-state index is 10.7. The van der Waals surface area contributed by atoms with E-state index >= 15 is 0 Å². The molecule has 0 bridgehead atoms. The largest absolute Gasteiger partial charge is 0.265 e. The first-order valence-electron chi connectivity index (χ1n) is 4.43. The summed E-state index contributed by atoms with van der Waals surface area (Å²) in [5, 5.41) is -0.130. The Labute approximate surface area is 94.1 Å². The third-order valence-corrected chi connectivity index (χ3v) is 2.31. The molecule has 0 radical (unpaired) electrons. The standard InChI is InChI=1S/C5H6N2O2S.C5H5N/c1-10(8,9)5-6-3-2-4-7-5;1-2-4-6-5-3-1/h2-4H,1H3;1-5H. The molecule has 0 aromatic carbocycles. The van der Waals surface area contributed by atoms with Crippen LogP contribution < -0.4 is 0 Å². The van der Waals surface area contributed by atoms with E-state index in [-0.39, 0.29) is 5.16 Å². The van der Waals surface area contributed by atoms with E-state index in [4.69, 9.17) is 0 Å². The number of sulfone groups is 1. The maximum Gasteiger partial charge on any atom is 0.246 e. The van der Waals surface area contributed by atoms with Crippen LogP contribution in [0.5, 0.6) is 0 Å². The fraction of sp³-hybridized carbons (Fsp3) is 0.100. The average Bonchev–Trinajstić information content (AvgIpc) is 2.32. The van der Waals surface area contributed by atoms with Gasteiger partial charge >= 0.3 is 0 Å². The van der Waals surface area contributed by atoms with Crippen molar-refractivity contribution in [2.75, 3.05) is 6.26 Å². The van der Waals surface area contributed by atoms with Crippen molar-refractivity contribution in [1.82, 2.24) is 15.0 Å². The number of aromatic nitrogens is 3. The Morgan fingerprint density at radius 1 is 0.875 bits per heavy atom. The molecule has 0 unspecified atom stereocenters. The number of hydrogen-bond donors (Lipinski definition) is 0. The molecule has 0 saturated carbocycles. The Morgan fingerprint density at radius 2 is 1.44 bits per heavy atom. The van der Waals surface area contributed by atoms with Crippen LogP contribution >= 0.6 is 0 Å². The van der Waals surface area contributed by atoms with Crippen LogP contribution in [0.3, 0.4) is 0 Å². The highest BCUT2D eigenvalue weighted by Crippen LogP contribution is 1.96.